The third-order valence-electron chi connectivity index (χ3n) is 4.72. The van der Waals surface area contributed by atoms with E-state index < -0.39 is 0 Å². The van der Waals surface area contributed by atoms with Crippen molar-refractivity contribution < 1.29 is 9.13 Å². The molecule has 0 spiro atoms. The zero-order chi connectivity index (χ0) is 14.0. The summed E-state index contributed by atoms with van der Waals surface area (Å²) in [6, 6.07) is 7.05. The van der Waals surface area contributed by atoms with Gasteiger partial charge in [0.1, 0.15) is 5.82 Å². The Hall–Kier alpha value is -0.930. The van der Waals surface area contributed by atoms with Gasteiger partial charge in [0.25, 0.3) is 0 Å². The van der Waals surface area contributed by atoms with Crippen LogP contribution in [0.1, 0.15) is 31.7 Å². The first-order valence-corrected chi connectivity index (χ1v) is 7.80. The topological polar surface area (TPSA) is 21.3 Å². The fraction of sp³-hybridized carbons (Fsp3) is 0.647. The molecule has 1 aromatic rings. The lowest BCUT2D eigenvalue weighted by Crippen LogP contribution is -2.43. The molecule has 1 aliphatic carbocycles. The van der Waals surface area contributed by atoms with Crippen molar-refractivity contribution in [2.45, 2.75) is 38.7 Å². The van der Waals surface area contributed by atoms with Crippen molar-refractivity contribution in [2.75, 3.05) is 19.7 Å². The predicted octanol–water partition coefficient (Wildman–Crippen LogP) is 3.16. The SMILES string of the molecule is CCNCC1(Cc2cccc(F)c2)CCOC1C1CC1. The minimum Gasteiger partial charge on any atom is -0.377 e. The second-order valence-corrected chi connectivity index (χ2v) is 6.33. The maximum atomic E-state index is 13.4. The van der Waals surface area contributed by atoms with Crippen LogP contribution in [0.25, 0.3) is 0 Å². The van der Waals surface area contributed by atoms with Crippen molar-refractivity contribution >= 4 is 0 Å². The summed E-state index contributed by atoms with van der Waals surface area (Å²) in [5.74, 6) is 0.590. The molecule has 3 heteroatoms. The Morgan fingerprint density at radius 3 is 2.95 bits per heavy atom. The zero-order valence-corrected chi connectivity index (χ0v) is 12.2. The molecule has 2 fully saturated rings. The number of benzene rings is 1. The van der Waals surface area contributed by atoms with E-state index >= 15 is 0 Å². The van der Waals surface area contributed by atoms with Crippen molar-refractivity contribution in [3.05, 3.63) is 35.6 Å². The van der Waals surface area contributed by atoms with Crippen molar-refractivity contribution in [1.82, 2.24) is 5.32 Å². The molecule has 2 aliphatic rings. The highest BCUT2D eigenvalue weighted by Crippen LogP contribution is 2.49. The van der Waals surface area contributed by atoms with Crippen LogP contribution in [0.4, 0.5) is 4.39 Å². The Morgan fingerprint density at radius 1 is 1.40 bits per heavy atom. The first-order valence-electron chi connectivity index (χ1n) is 7.80. The number of hydrogen-bond donors (Lipinski definition) is 1. The molecular formula is C17H24FNO. The van der Waals surface area contributed by atoms with Crippen LogP contribution in [0.2, 0.25) is 0 Å². The zero-order valence-electron chi connectivity index (χ0n) is 12.2. The molecule has 110 valence electrons. The third-order valence-corrected chi connectivity index (χ3v) is 4.72. The lowest BCUT2D eigenvalue weighted by Gasteiger charge is -2.35. The molecule has 2 atom stereocenters. The van der Waals surface area contributed by atoms with E-state index in [0.717, 1.165) is 44.0 Å². The van der Waals surface area contributed by atoms with Gasteiger partial charge in [-0.05, 0) is 55.8 Å². The van der Waals surface area contributed by atoms with Gasteiger partial charge in [-0.25, -0.2) is 4.39 Å². The Labute approximate surface area is 120 Å². The van der Waals surface area contributed by atoms with Gasteiger partial charge in [0, 0.05) is 18.6 Å². The molecule has 1 heterocycles. The average Bonchev–Trinajstić information content (AvgIpc) is 3.19. The quantitative estimate of drug-likeness (QED) is 0.862. The van der Waals surface area contributed by atoms with Crippen LogP contribution in [-0.4, -0.2) is 25.8 Å². The van der Waals surface area contributed by atoms with Gasteiger partial charge in [-0.1, -0.05) is 19.1 Å². The molecule has 0 amide bonds. The lowest BCUT2D eigenvalue weighted by molar-refractivity contribution is 0.0308. The van der Waals surface area contributed by atoms with Crippen LogP contribution in [0, 0.1) is 17.2 Å². The molecular weight excluding hydrogens is 253 g/mol. The van der Waals surface area contributed by atoms with E-state index in [1.165, 1.54) is 18.9 Å². The van der Waals surface area contributed by atoms with E-state index in [1.807, 2.05) is 12.1 Å². The molecule has 1 saturated heterocycles. The monoisotopic (exact) mass is 277 g/mol. The summed E-state index contributed by atoms with van der Waals surface area (Å²) in [6.45, 7) is 4.93. The maximum Gasteiger partial charge on any atom is 0.123 e. The molecule has 2 nitrogen and oxygen atoms in total. The number of nitrogens with one attached hydrogen (secondary N) is 1. The van der Waals surface area contributed by atoms with Gasteiger partial charge in [-0.2, -0.15) is 0 Å². The van der Waals surface area contributed by atoms with Gasteiger partial charge >= 0.3 is 0 Å². The van der Waals surface area contributed by atoms with Crippen LogP contribution in [0.15, 0.2) is 24.3 Å². The van der Waals surface area contributed by atoms with Crippen LogP contribution in [0.3, 0.4) is 0 Å². The average molecular weight is 277 g/mol. The summed E-state index contributed by atoms with van der Waals surface area (Å²) in [7, 11) is 0. The third kappa shape index (κ3) is 2.89. The van der Waals surface area contributed by atoms with E-state index in [9.17, 15) is 4.39 Å². The normalized spacial score (nSPS) is 29.8. The largest absolute Gasteiger partial charge is 0.377 e. The van der Waals surface area contributed by atoms with Gasteiger partial charge in [0.2, 0.25) is 0 Å². The molecule has 1 N–H and O–H groups in total. The number of ether oxygens (including phenoxy) is 1. The number of hydrogen-bond acceptors (Lipinski definition) is 2. The molecule has 0 aromatic heterocycles. The summed E-state index contributed by atoms with van der Waals surface area (Å²) in [5, 5.41) is 3.50. The predicted molar refractivity (Wildman–Crippen MR) is 78.2 cm³/mol. The summed E-state index contributed by atoms with van der Waals surface area (Å²) in [5.41, 5.74) is 1.24. The van der Waals surface area contributed by atoms with Gasteiger partial charge in [-0.15, -0.1) is 0 Å². The molecule has 0 radical (unpaired) electrons. The standard InChI is InChI=1S/C17H24FNO/c1-2-19-12-17(8-9-20-16(17)14-6-7-14)11-13-4-3-5-15(18)10-13/h3-5,10,14,16,19H,2,6-9,11-12H2,1H3. The number of rotatable bonds is 6. The van der Waals surface area contributed by atoms with Crippen LogP contribution in [0.5, 0.6) is 0 Å². The highest BCUT2D eigenvalue weighted by atomic mass is 19.1. The van der Waals surface area contributed by atoms with Gasteiger partial charge in [0.05, 0.1) is 6.10 Å². The van der Waals surface area contributed by atoms with E-state index in [4.69, 9.17) is 4.74 Å². The van der Waals surface area contributed by atoms with E-state index in [1.54, 1.807) is 6.07 Å². The number of halogens is 1. The van der Waals surface area contributed by atoms with Crippen molar-refractivity contribution in [1.29, 1.82) is 0 Å². The second-order valence-electron chi connectivity index (χ2n) is 6.33. The Balaban J connectivity index is 1.81. The van der Waals surface area contributed by atoms with Crippen LogP contribution >= 0.6 is 0 Å². The first-order chi connectivity index (χ1) is 9.73. The van der Waals surface area contributed by atoms with Gasteiger partial charge in [-0.3, -0.25) is 0 Å². The summed E-state index contributed by atoms with van der Waals surface area (Å²) >= 11 is 0. The molecule has 3 rings (SSSR count). The fourth-order valence-corrected chi connectivity index (χ4v) is 3.61. The summed E-state index contributed by atoms with van der Waals surface area (Å²) in [4.78, 5) is 0. The van der Waals surface area contributed by atoms with Crippen molar-refractivity contribution in [3.63, 3.8) is 0 Å². The van der Waals surface area contributed by atoms with E-state index in [-0.39, 0.29) is 11.2 Å². The first kappa shape index (κ1) is 14.0. The second kappa shape index (κ2) is 5.82. The van der Waals surface area contributed by atoms with E-state index in [2.05, 4.69) is 12.2 Å². The van der Waals surface area contributed by atoms with Crippen molar-refractivity contribution in [3.8, 4) is 0 Å². The van der Waals surface area contributed by atoms with E-state index in [0.29, 0.717) is 6.10 Å². The molecule has 0 bridgehead atoms. The highest BCUT2D eigenvalue weighted by molar-refractivity contribution is 5.20. The molecule has 20 heavy (non-hydrogen) atoms. The van der Waals surface area contributed by atoms with Crippen molar-refractivity contribution in [2.24, 2.45) is 11.3 Å². The Bertz CT molecular complexity index is 460. The molecule has 2 unspecified atom stereocenters. The summed E-state index contributed by atoms with van der Waals surface area (Å²) < 4.78 is 19.5. The highest BCUT2D eigenvalue weighted by Gasteiger charge is 2.50. The molecule has 1 aromatic carbocycles. The molecule has 1 saturated carbocycles. The van der Waals surface area contributed by atoms with Crippen LogP contribution < -0.4 is 5.32 Å². The maximum absolute atomic E-state index is 13.4. The Morgan fingerprint density at radius 2 is 2.25 bits per heavy atom. The van der Waals surface area contributed by atoms with Crippen LogP contribution in [-0.2, 0) is 11.2 Å². The minimum absolute atomic E-state index is 0.136. The smallest absolute Gasteiger partial charge is 0.123 e. The molecule has 1 aliphatic heterocycles. The van der Waals surface area contributed by atoms with Gasteiger partial charge in [0.15, 0.2) is 0 Å². The fourth-order valence-electron chi connectivity index (χ4n) is 3.61. The summed E-state index contributed by atoms with van der Waals surface area (Å²) in [6.07, 6.45) is 4.94. The minimum atomic E-state index is -0.136. The lowest BCUT2D eigenvalue weighted by atomic mass is 9.74. The van der Waals surface area contributed by atoms with Gasteiger partial charge < -0.3 is 10.1 Å². The Kier molecular flexibility index (Phi) is 4.08.